The normalized spacial score (nSPS) is 24.2. The van der Waals surface area contributed by atoms with Gasteiger partial charge in [0.2, 0.25) is 0 Å². The van der Waals surface area contributed by atoms with Gasteiger partial charge in [0, 0.05) is 31.7 Å². The van der Waals surface area contributed by atoms with E-state index in [-0.39, 0.29) is 18.1 Å². The Kier molecular flexibility index (Phi) is 7.77. The highest BCUT2D eigenvalue weighted by Crippen LogP contribution is 2.24. The second kappa shape index (κ2) is 10.3. The number of halogens is 3. The number of hydrogen-bond acceptors (Lipinski definition) is 3. The maximum atomic E-state index is 12.3. The van der Waals surface area contributed by atoms with Crippen LogP contribution in [-0.2, 0) is 11.3 Å². The summed E-state index contributed by atoms with van der Waals surface area (Å²) in [6.07, 6.45) is -0.413. The molecule has 1 aromatic carbocycles. The molecule has 0 aromatic heterocycles. The fourth-order valence-electron chi connectivity index (χ4n) is 4.13. The summed E-state index contributed by atoms with van der Waals surface area (Å²) in [5.41, 5.74) is 1.29. The number of nitrogens with zero attached hydrogens (tertiary/aromatic N) is 1. The average Bonchev–Trinajstić information content (AvgIpc) is 2.68. The fraction of sp³-hybridized carbons (Fsp3) is 0.667. The standard InChI is InChI=1S/C21H30F3N3O2/c22-21(23,24)15-29-19-8-4-7-18(13-19)26-20(28)25-17-9-11-27(12-10-17)14-16-5-2-1-3-6-16/h1-3,5-6,17-19H,4,7-15H2,(H2,25,26,28)/t18-,19+/m0/s1. The topological polar surface area (TPSA) is 53.6 Å². The fourth-order valence-corrected chi connectivity index (χ4v) is 4.13. The molecule has 0 bridgehead atoms. The third-order valence-corrected chi connectivity index (χ3v) is 5.62. The zero-order valence-corrected chi connectivity index (χ0v) is 16.6. The van der Waals surface area contributed by atoms with Crippen molar-refractivity contribution in [3.05, 3.63) is 35.9 Å². The first kappa shape index (κ1) is 21.9. The van der Waals surface area contributed by atoms with Gasteiger partial charge in [-0.2, -0.15) is 13.2 Å². The van der Waals surface area contributed by atoms with E-state index in [1.54, 1.807) is 0 Å². The van der Waals surface area contributed by atoms with E-state index in [4.69, 9.17) is 4.74 Å². The number of alkyl halides is 3. The molecule has 1 aliphatic heterocycles. The molecular weight excluding hydrogens is 383 g/mol. The van der Waals surface area contributed by atoms with Crippen molar-refractivity contribution in [2.45, 2.75) is 69.4 Å². The van der Waals surface area contributed by atoms with Crippen molar-refractivity contribution >= 4 is 6.03 Å². The van der Waals surface area contributed by atoms with E-state index in [9.17, 15) is 18.0 Å². The highest BCUT2D eigenvalue weighted by molar-refractivity contribution is 5.74. The van der Waals surface area contributed by atoms with Gasteiger partial charge in [-0.1, -0.05) is 30.3 Å². The Morgan fingerprint density at radius 2 is 1.72 bits per heavy atom. The summed E-state index contributed by atoms with van der Waals surface area (Å²) in [5, 5.41) is 5.94. The van der Waals surface area contributed by atoms with Crippen LogP contribution in [0.15, 0.2) is 30.3 Å². The van der Waals surface area contributed by atoms with Gasteiger partial charge in [-0.15, -0.1) is 0 Å². The van der Waals surface area contributed by atoms with Crippen LogP contribution >= 0.6 is 0 Å². The largest absolute Gasteiger partial charge is 0.411 e. The Balaban J connectivity index is 1.34. The number of likely N-dealkylation sites (tertiary alicyclic amines) is 1. The van der Waals surface area contributed by atoms with Crippen molar-refractivity contribution in [3.8, 4) is 0 Å². The number of urea groups is 1. The van der Waals surface area contributed by atoms with E-state index in [2.05, 4.69) is 27.7 Å². The highest BCUT2D eigenvalue weighted by Gasteiger charge is 2.31. The third-order valence-electron chi connectivity index (χ3n) is 5.62. The van der Waals surface area contributed by atoms with Crippen LogP contribution in [0, 0.1) is 0 Å². The van der Waals surface area contributed by atoms with Crippen LogP contribution in [0.4, 0.5) is 18.0 Å². The number of carbonyl (C=O) groups excluding carboxylic acids is 1. The SMILES string of the molecule is O=C(NC1CCN(Cc2ccccc2)CC1)N[C@H]1CCC[C@@H](OCC(F)(F)F)C1. The van der Waals surface area contributed by atoms with Gasteiger partial charge in [-0.05, 0) is 44.1 Å². The second-order valence-corrected chi connectivity index (χ2v) is 8.07. The number of nitrogens with one attached hydrogen (secondary N) is 2. The molecule has 0 spiro atoms. The predicted molar refractivity (Wildman–Crippen MR) is 104 cm³/mol. The predicted octanol–water partition coefficient (Wildman–Crippen LogP) is 3.84. The average molecular weight is 413 g/mol. The van der Waals surface area contributed by atoms with Gasteiger partial charge in [0.25, 0.3) is 0 Å². The molecule has 2 atom stereocenters. The first-order valence-electron chi connectivity index (χ1n) is 10.4. The molecule has 2 fully saturated rings. The van der Waals surface area contributed by atoms with Gasteiger partial charge < -0.3 is 15.4 Å². The van der Waals surface area contributed by atoms with Crippen LogP contribution in [0.3, 0.4) is 0 Å². The van der Waals surface area contributed by atoms with Crippen molar-refractivity contribution in [1.29, 1.82) is 0 Å². The Bertz CT molecular complexity index is 634. The van der Waals surface area contributed by atoms with E-state index in [0.29, 0.717) is 12.8 Å². The lowest BCUT2D eigenvalue weighted by Gasteiger charge is -2.33. The molecule has 29 heavy (non-hydrogen) atoms. The molecule has 1 saturated carbocycles. The van der Waals surface area contributed by atoms with Crippen LogP contribution in [0.1, 0.15) is 44.1 Å². The first-order valence-corrected chi connectivity index (χ1v) is 10.4. The summed E-state index contributed by atoms with van der Waals surface area (Å²) in [4.78, 5) is 14.7. The number of piperidine rings is 1. The molecule has 1 aromatic rings. The molecule has 1 heterocycles. The Hall–Kier alpha value is -1.80. The summed E-state index contributed by atoms with van der Waals surface area (Å²) < 4.78 is 41.9. The van der Waals surface area contributed by atoms with Crippen molar-refractivity contribution in [2.24, 2.45) is 0 Å². The van der Waals surface area contributed by atoms with Gasteiger partial charge in [0.1, 0.15) is 6.61 Å². The minimum atomic E-state index is -4.31. The summed E-state index contributed by atoms with van der Waals surface area (Å²) in [7, 11) is 0. The summed E-state index contributed by atoms with van der Waals surface area (Å²) in [6.45, 7) is 1.55. The molecule has 0 unspecified atom stereocenters. The monoisotopic (exact) mass is 413 g/mol. The molecule has 8 heteroatoms. The van der Waals surface area contributed by atoms with Crippen LogP contribution in [-0.4, -0.2) is 55.0 Å². The van der Waals surface area contributed by atoms with Crippen molar-refractivity contribution in [1.82, 2.24) is 15.5 Å². The van der Waals surface area contributed by atoms with Crippen LogP contribution in [0.25, 0.3) is 0 Å². The van der Waals surface area contributed by atoms with Gasteiger partial charge in [0.05, 0.1) is 6.10 Å². The zero-order chi connectivity index (χ0) is 20.7. The Morgan fingerprint density at radius 1 is 1.03 bits per heavy atom. The second-order valence-electron chi connectivity index (χ2n) is 8.07. The van der Waals surface area contributed by atoms with Crippen molar-refractivity contribution in [2.75, 3.05) is 19.7 Å². The maximum Gasteiger partial charge on any atom is 0.411 e. The van der Waals surface area contributed by atoms with Gasteiger partial charge >= 0.3 is 12.2 Å². The molecule has 2 amide bonds. The lowest BCUT2D eigenvalue weighted by atomic mass is 9.93. The number of amides is 2. The Labute approximate surface area is 170 Å². The zero-order valence-electron chi connectivity index (χ0n) is 16.6. The van der Waals surface area contributed by atoms with Crippen LogP contribution in [0.5, 0.6) is 0 Å². The van der Waals surface area contributed by atoms with E-state index < -0.39 is 18.9 Å². The molecular formula is C21H30F3N3O2. The number of rotatable bonds is 6. The molecule has 162 valence electrons. The molecule has 1 saturated heterocycles. The van der Waals surface area contributed by atoms with Crippen LogP contribution < -0.4 is 10.6 Å². The minimum absolute atomic E-state index is 0.128. The maximum absolute atomic E-state index is 12.3. The molecule has 1 aliphatic carbocycles. The lowest BCUT2D eigenvalue weighted by Crippen LogP contribution is -2.51. The van der Waals surface area contributed by atoms with E-state index in [1.807, 2.05) is 18.2 Å². The molecule has 2 N–H and O–H groups in total. The summed E-state index contributed by atoms with van der Waals surface area (Å²) in [6, 6.07) is 10.1. The number of hydrogen-bond donors (Lipinski definition) is 2. The third kappa shape index (κ3) is 7.85. The number of benzene rings is 1. The smallest absolute Gasteiger partial charge is 0.369 e. The molecule has 2 aliphatic rings. The van der Waals surface area contributed by atoms with E-state index in [0.717, 1.165) is 45.3 Å². The van der Waals surface area contributed by atoms with Crippen molar-refractivity contribution in [3.63, 3.8) is 0 Å². The van der Waals surface area contributed by atoms with Crippen LogP contribution in [0.2, 0.25) is 0 Å². The van der Waals surface area contributed by atoms with E-state index >= 15 is 0 Å². The molecule has 5 nitrogen and oxygen atoms in total. The van der Waals surface area contributed by atoms with Gasteiger partial charge in [-0.25, -0.2) is 4.79 Å². The minimum Gasteiger partial charge on any atom is -0.369 e. The van der Waals surface area contributed by atoms with Gasteiger partial charge in [0.15, 0.2) is 0 Å². The summed E-state index contributed by atoms with van der Waals surface area (Å²) >= 11 is 0. The Morgan fingerprint density at radius 3 is 2.41 bits per heavy atom. The molecule has 0 radical (unpaired) electrons. The highest BCUT2D eigenvalue weighted by atomic mass is 19.4. The molecule has 3 rings (SSSR count). The summed E-state index contributed by atoms with van der Waals surface area (Å²) in [5.74, 6) is 0. The first-order chi connectivity index (χ1) is 13.9. The van der Waals surface area contributed by atoms with Gasteiger partial charge in [-0.3, -0.25) is 4.90 Å². The number of carbonyl (C=O) groups is 1. The number of ether oxygens (including phenoxy) is 1. The van der Waals surface area contributed by atoms with Crippen molar-refractivity contribution < 1.29 is 22.7 Å². The van der Waals surface area contributed by atoms with E-state index in [1.165, 1.54) is 5.56 Å². The lowest BCUT2D eigenvalue weighted by molar-refractivity contribution is -0.188. The quantitative estimate of drug-likeness (QED) is 0.745.